The van der Waals surface area contributed by atoms with Gasteiger partial charge in [-0.3, -0.25) is 4.79 Å². The van der Waals surface area contributed by atoms with Crippen LogP contribution in [-0.4, -0.2) is 10.1 Å². The minimum atomic E-state index is -2.95. The van der Waals surface area contributed by atoms with E-state index in [1.807, 2.05) is 0 Å². The van der Waals surface area contributed by atoms with E-state index in [-0.39, 0.29) is 5.02 Å². The van der Waals surface area contributed by atoms with Crippen LogP contribution in [0, 0.1) is 0 Å². The second-order valence-electron chi connectivity index (χ2n) is 2.04. The van der Waals surface area contributed by atoms with Crippen molar-refractivity contribution in [1.82, 2.24) is 4.98 Å². The zero-order valence-corrected chi connectivity index (χ0v) is 6.40. The molecule has 0 saturated heterocycles. The van der Waals surface area contributed by atoms with Gasteiger partial charge in [0.15, 0.2) is 5.75 Å². The monoisotopic (exact) mass is 195 g/mol. The van der Waals surface area contributed by atoms with Crippen LogP contribution < -0.4 is 5.56 Å². The number of aromatic hydroxyl groups is 1. The number of hydrogen-bond acceptors (Lipinski definition) is 2. The van der Waals surface area contributed by atoms with E-state index in [1.165, 1.54) is 0 Å². The summed E-state index contributed by atoms with van der Waals surface area (Å²) < 4.78 is 24.0. The molecule has 12 heavy (non-hydrogen) atoms. The van der Waals surface area contributed by atoms with Crippen LogP contribution in [-0.2, 0) is 0 Å². The van der Waals surface area contributed by atoms with E-state index in [0.717, 1.165) is 6.07 Å². The Hall–Kier alpha value is -1.10. The van der Waals surface area contributed by atoms with Crippen molar-refractivity contribution >= 4 is 11.6 Å². The number of pyridine rings is 1. The number of aromatic nitrogens is 1. The van der Waals surface area contributed by atoms with Gasteiger partial charge in [-0.15, -0.1) is 0 Å². The van der Waals surface area contributed by atoms with Crippen molar-refractivity contribution in [1.29, 1.82) is 0 Å². The first-order valence-corrected chi connectivity index (χ1v) is 3.30. The van der Waals surface area contributed by atoms with Gasteiger partial charge < -0.3 is 10.1 Å². The van der Waals surface area contributed by atoms with Crippen molar-refractivity contribution in [3.63, 3.8) is 0 Å². The Kier molecular flexibility index (Phi) is 2.32. The molecule has 0 saturated carbocycles. The summed E-state index contributed by atoms with van der Waals surface area (Å²) in [5, 5.41) is 8.53. The predicted octanol–water partition coefficient (Wildman–Crippen LogP) is 1.67. The fraction of sp³-hybridized carbons (Fsp3) is 0.167. The lowest BCUT2D eigenvalue weighted by Gasteiger charge is -2.02. The lowest BCUT2D eigenvalue weighted by Crippen LogP contribution is -2.07. The molecule has 0 radical (unpaired) electrons. The molecule has 0 amide bonds. The molecule has 0 fully saturated rings. The van der Waals surface area contributed by atoms with Crippen LogP contribution in [0.5, 0.6) is 5.75 Å². The smallest absolute Gasteiger partial charge is 0.282 e. The second kappa shape index (κ2) is 3.10. The molecule has 1 heterocycles. The van der Waals surface area contributed by atoms with Crippen LogP contribution in [0.3, 0.4) is 0 Å². The fourth-order valence-electron chi connectivity index (χ4n) is 0.698. The average molecular weight is 196 g/mol. The first-order chi connectivity index (χ1) is 5.52. The molecule has 0 bridgehead atoms. The molecule has 0 atom stereocenters. The van der Waals surface area contributed by atoms with Gasteiger partial charge in [-0.2, -0.15) is 0 Å². The highest BCUT2D eigenvalue weighted by molar-refractivity contribution is 6.32. The van der Waals surface area contributed by atoms with Crippen LogP contribution in [0.1, 0.15) is 12.1 Å². The average Bonchev–Trinajstić information content (AvgIpc) is 1.96. The zero-order chi connectivity index (χ0) is 9.30. The Labute approximate surface area is 70.6 Å². The topological polar surface area (TPSA) is 53.1 Å². The summed E-state index contributed by atoms with van der Waals surface area (Å²) in [5.41, 5.74) is -1.62. The van der Waals surface area contributed by atoms with Crippen LogP contribution >= 0.6 is 11.6 Å². The van der Waals surface area contributed by atoms with Gasteiger partial charge in [0.25, 0.3) is 6.43 Å². The third-order valence-corrected chi connectivity index (χ3v) is 1.50. The van der Waals surface area contributed by atoms with Crippen molar-refractivity contribution in [2.75, 3.05) is 0 Å². The van der Waals surface area contributed by atoms with Gasteiger partial charge in [0, 0.05) is 6.07 Å². The summed E-state index contributed by atoms with van der Waals surface area (Å²) >= 11 is 5.26. The summed E-state index contributed by atoms with van der Waals surface area (Å²) in [6, 6.07) is 0.822. The largest absolute Gasteiger partial charge is 0.504 e. The van der Waals surface area contributed by atoms with E-state index in [2.05, 4.69) is 0 Å². The Bertz CT molecular complexity index is 350. The van der Waals surface area contributed by atoms with Gasteiger partial charge >= 0.3 is 0 Å². The number of aromatic amines is 1. The first-order valence-electron chi connectivity index (χ1n) is 2.92. The van der Waals surface area contributed by atoms with E-state index in [4.69, 9.17) is 16.7 Å². The Morgan fingerprint density at radius 3 is 2.67 bits per heavy atom. The molecular formula is C6H4ClF2NO2. The normalized spacial score (nSPS) is 10.7. The van der Waals surface area contributed by atoms with Gasteiger partial charge in [0.1, 0.15) is 5.69 Å². The molecule has 6 heteroatoms. The molecule has 1 aromatic heterocycles. The maximum atomic E-state index is 12.0. The van der Waals surface area contributed by atoms with Crippen LogP contribution in [0.2, 0.25) is 5.02 Å². The Balaban J connectivity index is 3.38. The number of nitrogens with one attached hydrogen (secondary N) is 1. The van der Waals surface area contributed by atoms with Gasteiger partial charge in [0.2, 0.25) is 5.56 Å². The van der Waals surface area contributed by atoms with E-state index >= 15 is 0 Å². The van der Waals surface area contributed by atoms with E-state index < -0.39 is 23.4 Å². The minimum absolute atomic E-state index is 0.381. The van der Waals surface area contributed by atoms with Gasteiger partial charge in [-0.05, 0) is 0 Å². The summed E-state index contributed by atoms with van der Waals surface area (Å²) in [6.45, 7) is 0. The van der Waals surface area contributed by atoms with Crippen molar-refractivity contribution < 1.29 is 13.9 Å². The minimum Gasteiger partial charge on any atom is -0.504 e. The maximum Gasteiger partial charge on any atom is 0.282 e. The van der Waals surface area contributed by atoms with E-state index in [0.29, 0.717) is 0 Å². The summed E-state index contributed by atoms with van der Waals surface area (Å²) in [7, 11) is 0. The Morgan fingerprint density at radius 2 is 2.17 bits per heavy atom. The molecule has 0 unspecified atom stereocenters. The van der Waals surface area contributed by atoms with Crippen molar-refractivity contribution in [3.8, 4) is 5.75 Å². The number of alkyl halides is 2. The van der Waals surface area contributed by atoms with Crippen molar-refractivity contribution in [2.24, 2.45) is 0 Å². The number of hydrogen-bond donors (Lipinski definition) is 2. The number of rotatable bonds is 1. The fourth-order valence-corrected chi connectivity index (χ4v) is 0.899. The molecule has 1 aromatic rings. The zero-order valence-electron chi connectivity index (χ0n) is 5.64. The standard InChI is InChI=1S/C6H4ClF2NO2/c7-2-1-3(11)10-4(5(2)12)6(8)9/h1,6,12H,(H,10,11). The summed E-state index contributed by atoms with van der Waals surface area (Å²) in [5.74, 6) is -0.786. The molecule has 66 valence electrons. The van der Waals surface area contributed by atoms with Crippen LogP contribution in [0.15, 0.2) is 10.9 Å². The lowest BCUT2D eigenvalue weighted by atomic mass is 10.3. The highest BCUT2D eigenvalue weighted by Crippen LogP contribution is 2.30. The van der Waals surface area contributed by atoms with Gasteiger partial charge in [0.05, 0.1) is 5.02 Å². The Morgan fingerprint density at radius 1 is 1.58 bits per heavy atom. The first kappa shape index (κ1) is 8.99. The SMILES string of the molecule is O=c1cc(Cl)c(O)c(C(F)F)[nH]1. The number of H-pyrrole nitrogens is 1. The highest BCUT2D eigenvalue weighted by Gasteiger charge is 2.16. The molecule has 0 aliphatic heterocycles. The summed E-state index contributed by atoms with van der Waals surface area (Å²) in [4.78, 5) is 12.4. The van der Waals surface area contributed by atoms with Crippen LogP contribution in [0.4, 0.5) is 8.78 Å². The quantitative estimate of drug-likeness (QED) is 0.716. The predicted molar refractivity (Wildman–Crippen MR) is 38.7 cm³/mol. The molecule has 2 N–H and O–H groups in total. The second-order valence-corrected chi connectivity index (χ2v) is 2.45. The molecular weight excluding hydrogens is 192 g/mol. The molecule has 0 aliphatic rings. The molecule has 0 aromatic carbocycles. The molecule has 0 spiro atoms. The maximum absolute atomic E-state index is 12.0. The van der Waals surface area contributed by atoms with Gasteiger partial charge in [-0.25, -0.2) is 8.78 Å². The third kappa shape index (κ3) is 1.55. The molecule has 1 rings (SSSR count). The van der Waals surface area contributed by atoms with E-state index in [1.54, 1.807) is 4.98 Å². The van der Waals surface area contributed by atoms with E-state index in [9.17, 15) is 13.6 Å². The molecule has 0 aliphatic carbocycles. The van der Waals surface area contributed by atoms with Crippen molar-refractivity contribution in [3.05, 3.63) is 27.1 Å². The third-order valence-electron chi connectivity index (χ3n) is 1.22. The molecule has 3 nitrogen and oxygen atoms in total. The van der Waals surface area contributed by atoms with Crippen molar-refractivity contribution in [2.45, 2.75) is 6.43 Å². The van der Waals surface area contributed by atoms with Crippen LogP contribution in [0.25, 0.3) is 0 Å². The summed E-state index contributed by atoms with van der Waals surface area (Å²) in [6.07, 6.45) is -2.95. The highest BCUT2D eigenvalue weighted by atomic mass is 35.5. The van der Waals surface area contributed by atoms with Gasteiger partial charge in [-0.1, -0.05) is 11.6 Å². The number of halogens is 3. The lowest BCUT2D eigenvalue weighted by molar-refractivity contribution is 0.141.